The molecular formula is C14H17N3OS. The van der Waals surface area contributed by atoms with Crippen LogP contribution in [0, 0.1) is 6.92 Å². The van der Waals surface area contributed by atoms with Crippen molar-refractivity contribution in [3.63, 3.8) is 0 Å². The van der Waals surface area contributed by atoms with Gasteiger partial charge in [0, 0.05) is 4.88 Å². The highest BCUT2D eigenvalue weighted by molar-refractivity contribution is 7.09. The van der Waals surface area contributed by atoms with Crippen LogP contribution in [0.25, 0.3) is 0 Å². The van der Waals surface area contributed by atoms with Gasteiger partial charge in [0.25, 0.3) is 0 Å². The number of aromatic nitrogens is 1. The van der Waals surface area contributed by atoms with Crippen molar-refractivity contribution < 1.29 is 4.79 Å². The molecule has 100 valence electrons. The van der Waals surface area contributed by atoms with E-state index in [1.807, 2.05) is 37.3 Å². The molecule has 0 unspecified atom stereocenters. The quantitative estimate of drug-likeness (QED) is 0.871. The van der Waals surface area contributed by atoms with Gasteiger partial charge in [-0.1, -0.05) is 30.3 Å². The average molecular weight is 275 g/mol. The molecule has 0 saturated carbocycles. The van der Waals surface area contributed by atoms with Gasteiger partial charge in [0.15, 0.2) is 0 Å². The molecule has 3 N–H and O–H groups in total. The predicted molar refractivity (Wildman–Crippen MR) is 76.8 cm³/mol. The number of aryl methyl sites for hydroxylation is 1. The Hall–Kier alpha value is -1.72. The van der Waals surface area contributed by atoms with E-state index < -0.39 is 6.04 Å². The molecule has 0 saturated heterocycles. The molecule has 2 rings (SSSR count). The molecule has 1 atom stereocenters. The minimum Gasteiger partial charge on any atom is -0.350 e. The van der Waals surface area contributed by atoms with Gasteiger partial charge in [-0.3, -0.25) is 4.79 Å². The molecule has 2 aromatic rings. The van der Waals surface area contributed by atoms with Gasteiger partial charge in [0.1, 0.15) is 0 Å². The number of amides is 1. The third-order valence-corrected chi connectivity index (χ3v) is 3.84. The lowest BCUT2D eigenvalue weighted by atomic mass is 10.1. The van der Waals surface area contributed by atoms with Crippen molar-refractivity contribution in [3.05, 3.63) is 52.0 Å². The second-order valence-corrected chi connectivity index (χ2v) is 5.31. The van der Waals surface area contributed by atoms with Crippen LogP contribution in [-0.2, 0) is 17.8 Å². The zero-order valence-corrected chi connectivity index (χ0v) is 11.6. The molecule has 1 aromatic carbocycles. The number of nitrogens with two attached hydrogens (primary N) is 1. The molecule has 1 heterocycles. The Labute approximate surface area is 116 Å². The van der Waals surface area contributed by atoms with E-state index in [4.69, 9.17) is 5.73 Å². The Morgan fingerprint density at radius 3 is 2.79 bits per heavy atom. The number of hydrogen-bond acceptors (Lipinski definition) is 4. The molecule has 0 aliphatic rings. The first-order valence-electron chi connectivity index (χ1n) is 6.13. The van der Waals surface area contributed by atoms with Gasteiger partial charge in [0.2, 0.25) is 5.91 Å². The Kier molecular flexibility index (Phi) is 4.65. The van der Waals surface area contributed by atoms with Crippen LogP contribution >= 0.6 is 11.3 Å². The molecule has 5 heteroatoms. The summed E-state index contributed by atoms with van der Waals surface area (Å²) in [6.07, 6.45) is 0.550. The number of thiazole rings is 1. The summed E-state index contributed by atoms with van der Waals surface area (Å²) in [7, 11) is 0. The lowest BCUT2D eigenvalue weighted by Crippen LogP contribution is -2.41. The summed E-state index contributed by atoms with van der Waals surface area (Å²) in [6, 6.07) is 9.26. The van der Waals surface area contributed by atoms with Gasteiger partial charge in [-0.25, -0.2) is 4.98 Å². The summed E-state index contributed by atoms with van der Waals surface area (Å²) < 4.78 is 0. The lowest BCUT2D eigenvalue weighted by molar-refractivity contribution is -0.122. The fourth-order valence-corrected chi connectivity index (χ4v) is 2.47. The summed E-state index contributed by atoms with van der Waals surface area (Å²) in [6.45, 7) is 2.43. The van der Waals surface area contributed by atoms with Crippen LogP contribution in [0.1, 0.15) is 16.1 Å². The molecular weight excluding hydrogens is 258 g/mol. The highest BCUT2D eigenvalue weighted by Gasteiger charge is 2.14. The number of carbonyl (C=O) groups is 1. The van der Waals surface area contributed by atoms with E-state index in [1.54, 1.807) is 16.8 Å². The Morgan fingerprint density at radius 1 is 1.42 bits per heavy atom. The van der Waals surface area contributed by atoms with Crippen LogP contribution in [-0.4, -0.2) is 16.9 Å². The van der Waals surface area contributed by atoms with Crippen molar-refractivity contribution in [2.24, 2.45) is 5.73 Å². The van der Waals surface area contributed by atoms with Crippen LogP contribution in [0.4, 0.5) is 0 Å². The Morgan fingerprint density at radius 2 is 2.16 bits per heavy atom. The minimum absolute atomic E-state index is 0.128. The average Bonchev–Trinajstić information content (AvgIpc) is 2.82. The van der Waals surface area contributed by atoms with Gasteiger partial charge in [0.05, 0.1) is 23.8 Å². The van der Waals surface area contributed by atoms with E-state index in [0.29, 0.717) is 13.0 Å². The molecule has 0 aliphatic carbocycles. The highest BCUT2D eigenvalue weighted by atomic mass is 32.1. The maximum atomic E-state index is 11.9. The summed E-state index contributed by atoms with van der Waals surface area (Å²) in [4.78, 5) is 17.1. The number of benzene rings is 1. The van der Waals surface area contributed by atoms with Gasteiger partial charge >= 0.3 is 0 Å². The molecule has 0 spiro atoms. The Balaban J connectivity index is 1.84. The van der Waals surface area contributed by atoms with E-state index in [2.05, 4.69) is 10.3 Å². The fourth-order valence-electron chi connectivity index (χ4n) is 1.76. The first kappa shape index (κ1) is 13.7. The van der Waals surface area contributed by atoms with Gasteiger partial charge in [-0.05, 0) is 18.9 Å². The number of carbonyl (C=O) groups excluding carboxylic acids is 1. The summed E-state index contributed by atoms with van der Waals surface area (Å²) in [5.74, 6) is -0.128. The maximum absolute atomic E-state index is 11.9. The molecule has 1 amide bonds. The molecule has 0 fully saturated rings. The number of nitrogens with zero attached hydrogens (tertiary/aromatic N) is 1. The summed E-state index contributed by atoms with van der Waals surface area (Å²) >= 11 is 1.54. The molecule has 4 nitrogen and oxygen atoms in total. The largest absolute Gasteiger partial charge is 0.350 e. The molecule has 0 radical (unpaired) electrons. The van der Waals surface area contributed by atoms with E-state index in [0.717, 1.165) is 16.1 Å². The van der Waals surface area contributed by atoms with Crippen molar-refractivity contribution in [2.75, 3.05) is 0 Å². The first-order chi connectivity index (χ1) is 9.16. The summed E-state index contributed by atoms with van der Waals surface area (Å²) in [5.41, 5.74) is 9.71. The molecule has 1 aromatic heterocycles. The zero-order valence-electron chi connectivity index (χ0n) is 10.8. The highest BCUT2D eigenvalue weighted by Crippen LogP contribution is 2.11. The van der Waals surface area contributed by atoms with Gasteiger partial charge < -0.3 is 11.1 Å². The van der Waals surface area contributed by atoms with Crippen LogP contribution in [0.2, 0.25) is 0 Å². The van der Waals surface area contributed by atoms with Gasteiger partial charge in [-0.2, -0.15) is 0 Å². The normalized spacial score (nSPS) is 12.1. The van der Waals surface area contributed by atoms with Crippen LogP contribution in [0.5, 0.6) is 0 Å². The van der Waals surface area contributed by atoms with Crippen LogP contribution in [0.15, 0.2) is 35.8 Å². The Bertz CT molecular complexity index is 539. The first-order valence-corrected chi connectivity index (χ1v) is 7.01. The number of rotatable bonds is 5. The molecule has 0 aliphatic heterocycles. The van der Waals surface area contributed by atoms with E-state index in [9.17, 15) is 4.79 Å². The third-order valence-electron chi connectivity index (χ3n) is 2.90. The van der Waals surface area contributed by atoms with Crippen molar-refractivity contribution in [2.45, 2.75) is 25.9 Å². The zero-order chi connectivity index (χ0) is 13.7. The maximum Gasteiger partial charge on any atom is 0.237 e. The minimum atomic E-state index is -0.518. The van der Waals surface area contributed by atoms with Crippen LogP contribution in [0.3, 0.4) is 0 Å². The van der Waals surface area contributed by atoms with E-state index in [-0.39, 0.29) is 5.91 Å². The molecule has 0 bridgehead atoms. The SMILES string of the molecule is Cc1ncsc1CNC(=O)[C@@H](N)Cc1ccccc1. The van der Waals surface area contributed by atoms with Crippen molar-refractivity contribution in [1.29, 1.82) is 0 Å². The predicted octanol–water partition coefficient (Wildman–Crippen LogP) is 1.64. The smallest absolute Gasteiger partial charge is 0.237 e. The number of hydrogen-bond donors (Lipinski definition) is 2. The topological polar surface area (TPSA) is 68.0 Å². The fraction of sp³-hybridized carbons (Fsp3) is 0.286. The lowest BCUT2D eigenvalue weighted by Gasteiger charge is -2.12. The van der Waals surface area contributed by atoms with Crippen LogP contribution < -0.4 is 11.1 Å². The number of nitrogens with one attached hydrogen (secondary N) is 1. The third kappa shape index (κ3) is 3.87. The van der Waals surface area contributed by atoms with Gasteiger partial charge in [-0.15, -0.1) is 11.3 Å². The molecule has 19 heavy (non-hydrogen) atoms. The summed E-state index contributed by atoms with van der Waals surface area (Å²) in [5, 5.41) is 2.85. The van der Waals surface area contributed by atoms with Crippen molar-refractivity contribution in [3.8, 4) is 0 Å². The van der Waals surface area contributed by atoms with Crippen molar-refractivity contribution >= 4 is 17.2 Å². The standard InChI is InChI=1S/C14H17N3OS/c1-10-13(19-9-17-10)8-16-14(18)12(15)7-11-5-3-2-4-6-11/h2-6,9,12H,7-8,15H2,1H3,(H,16,18)/t12-/m0/s1. The van der Waals surface area contributed by atoms with E-state index >= 15 is 0 Å². The van der Waals surface area contributed by atoms with E-state index in [1.165, 1.54) is 0 Å². The van der Waals surface area contributed by atoms with Crippen molar-refractivity contribution in [1.82, 2.24) is 10.3 Å². The monoisotopic (exact) mass is 275 g/mol. The second kappa shape index (κ2) is 6.45. The second-order valence-electron chi connectivity index (χ2n) is 4.37.